The maximum Gasteiger partial charge on any atom is 0.200 e. The van der Waals surface area contributed by atoms with Crippen LogP contribution in [0.15, 0.2) is 24.3 Å². The van der Waals surface area contributed by atoms with Gasteiger partial charge < -0.3 is 27.0 Å². The van der Waals surface area contributed by atoms with E-state index < -0.39 is 0 Å². The molecule has 7 N–H and O–H groups in total. The maximum absolute atomic E-state index is 13.3. The van der Waals surface area contributed by atoms with Crippen LogP contribution in [-0.2, 0) is 6.54 Å². The van der Waals surface area contributed by atoms with Crippen molar-refractivity contribution >= 4 is 22.4 Å². The molecule has 8 heteroatoms. The predicted octanol–water partition coefficient (Wildman–Crippen LogP) is 1.38. The highest BCUT2D eigenvalue weighted by Crippen LogP contribution is 2.47. The predicted molar refractivity (Wildman–Crippen MR) is 103 cm³/mol. The highest BCUT2D eigenvalue weighted by Gasteiger charge is 2.35. The lowest BCUT2D eigenvalue weighted by atomic mass is 9.85. The summed E-state index contributed by atoms with van der Waals surface area (Å²) in [6.45, 7) is 2.01. The van der Waals surface area contributed by atoms with Crippen molar-refractivity contribution in [2.45, 2.75) is 13.0 Å². The van der Waals surface area contributed by atoms with E-state index in [1.165, 1.54) is 12.1 Å². The van der Waals surface area contributed by atoms with Gasteiger partial charge in [-0.15, -0.1) is 0 Å². The molecule has 1 aromatic heterocycles. The van der Waals surface area contributed by atoms with Gasteiger partial charge in [0, 0.05) is 24.2 Å². The summed E-state index contributed by atoms with van der Waals surface area (Å²) >= 11 is 0. The second-order valence-corrected chi connectivity index (χ2v) is 6.49. The van der Waals surface area contributed by atoms with Crippen molar-refractivity contribution in [2.24, 2.45) is 11.5 Å². The molecule has 0 spiro atoms. The number of nitrogens with zero attached hydrogens (tertiary/aromatic N) is 2. The van der Waals surface area contributed by atoms with Gasteiger partial charge in [0.25, 0.3) is 0 Å². The van der Waals surface area contributed by atoms with E-state index in [9.17, 15) is 15.0 Å². The number of nitrogens with one attached hydrogen (secondary N) is 1. The highest BCUT2D eigenvalue weighted by molar-refractivity contribution is 6.29. The normalized spacial score (nSPS) is 12.4. The molecule has 0 radical (unpaired) electrons. The zero-order chi connectivity index (χ0) is 19.1. The Morgan fingerprint density at radius 3 is 2.44 bits per heavy atom. The van der Waals surface area contributed by atoms with Crippen LogP contribution >= 0.6 is 0 Å². The van der Waals surface area contributed by atoms with Crippen molar-refractivity contribution in [3.8, 4) is 22.8 Å². The Morgan fingerprint density at radius 2 is 1.74 bits per heavy atom. The molecule has 27 heavy (non-hydrogen) atoms. The molecule has 4 rings (SSSR count). The average Bonchev–Trinajstić information content (AvgIpc) is 3.01. The first-order valence-electron chi connectivity index (χ1n) is 8.86. The van der Waals surface area contributed by atoms with Crippen LogP contribution < -0.4 is 16.8 Å². The number of ketones is 1. The molecule has 1 aliphatic rings. The molecule has 0 amide bonds. The molecule has 0 saturated heterocycles. The molecule has 0 aliphatic heterocycles. The van der Waals surface area contributed by atoms with Gasteiger partial charge in [0.05, 0.1) is 28.8 Å². The number of nitrogens with two attached hydrogens (primary N) is 2. The summed E-state index contributed by atoms with van der Waals surface area (Å²) < 4.78 is 1.73. The van der Waals surface area contributed by atoms with Crippen molar-refractivity contribution in [1.82, 2.24) is 9.78 Å². The second kappa shape index (κ2) is 6.57. The lowest BCUT2D eigenvalue weighted by Crippen LogP contribution is -2.15. The monoisotopic (exact) mass is 367 g/mol. The van der Waals surface area contributed by atoms with E-state index in [0.717, 1.165) is 11.9 Å². The minimum Gasteiger partial charge on any atom is -0.507 e. The van der Waals surface area contributed by atoms with E-state index in [4.69, 9.17) is 11.5 Å². The largest absolute Gasteiger partial charge is 0.507 e. The Balaban J connectivity index is 2.04. The summed E-state index contributed by atoms with van der Waals surface area (Å²) in [5.41, 5.74) is 13.9. The van der Waals surface area contributed by atoms with Gasteiger partial charge in [-0.1, -0.05) is 0 Å². The second-order valence-electron chi connectivity index (χ2n) is 6.49. The zero-order valence-electron chi connectivity index (χ0n) is 14.7. The summed E-state index contributed by atoms with van der Waals surface area (Å²) in [5.74, 6) is -0.627. The third-order valence-electron chi connectivity index (χ3n) is 4.81. The summed E-state index contributed by atoms with van der Waals surface area (Å²) in [6, 6.07) is 6.39. The molecule has 1 aliphatic carbocycles. The van der Waals surface area contributed by atoms with Gasteiger partial charge in [-0.2, -0.15) is 5.10 Å². The third-order valence-corrected chi connectivity index (χ3v) is 4.81. The summed E-state index contributed by atoms with van der Waals surface area (Å²) in [5, 5.41) is 29.2. The van der Waals surface area contributed by atoms with Gasteiger partial charge in [0.1, 0.15) is 17.2 Å². The lowest BCUT2D eigenvalue weighted by Gasteiger charge is -2.20. The fourth-order valence-electron chi connectivity index (χ4n) is 3.62. The van der Waals surface area contributed by atoms with Crippen LogP contribution in [0.5, 0.6) is 11.5 Å². The fraction of sp³-hybridized carbons (Fsp3) is 0.263. The van der Waals surface area contributed by atoms with E-state index >= 15 is 0 Å². The Bertz CT molecular complexity index is 1060. The summed E-state index contributed by atoms with van der Waals surface area (Å²) in [6.07, 6.45) is 0.758. The first-order valence-corrected chi connectivity index (χ1v) is 8.86. The number of rotatable bonds is 6. The van der Waals surface area contributed by atoms with E-state index in [-0.39, 0.29) is 28.4 Å². The number of anilines is 1. The van der Waals surface area contributed by atoms with Crippen molar-refractivity contribution < 1.29 is 15.0 Å². The molecule has 0 bridgehead atoms. The minimum atomic E-state index is -0.348. The number of phenolic OH excluding ortho intramolecular Hbond substituents is 2. The van der Waals surface area contributed by atoms with E-state index in [1.54, 1.807) is 4.68 Å². The first kappa shape index (κ1) is 17.3. The zero-order valence-corrected chi connectivity index (χ0v) is 14.7. The molecule has 0 saturated carbocycles. The Hall–Kier alpha value is -3.10. The van der Waals surface area contributed by atoms with Gasteiger partial charge in [0.2, 0.25) is 0 Å². The summed E-state index contributed by atoms with van der Waals surface area (Å²) in [7, 11) is 0. The van der Waals surface area contributed by atoms with Gasteiger partial charge in [-0.3, -0.25) is 9.48 Å². The minimum absolute atomic E-state index is 0.0647. The Labute approximate surface area is 155 Å². The number of hydrogen-bond donors (Lipinski definition) is 5. The fourth-order valence-corrected chi connectivity index (χ4v) is 3.62. The summed E-state index contributed by atoms with van der Waals surface area (Å²) in [4.78, 5) is 13.3. The van der Waals surface area contributed by atoms with Crippen molar-refractivity contribution in [1.29, 1.82) is 0 Å². The lowest BCUT2D eigenvalue weighted by molar-refractivity contribution is 0.103. The number of carbonyl (C=O) groups is 1. The number of phenols is 2. The SMILES string of the molecule is NCCCNc1ccc2c3c(nn2CCN)-c2c(O)ccc(O)c2C(=O)c13. The average molecular weight is 367 g/mol. The number of carbonyl (C=O) groups excluding carboxylic acids is 1. The van der Waals surface area contributed by atoms with Gasteiger partial charge in [0.15, 0.2) is 5.78 Å². The number of hydrogen-bond acceptors (Lipinski definition) is 7. The Morgan fingerprint density at radius 1 is 1.00 bits per heavy atom. The molecule has 3 aromatic rings. The van der Waals surface area contributed by atoms with Crippen molar-refractivity contribution in [3.63, 3.8) is 0 Å². The molecule has 0 atom stereocenters. The molecule has 0 fully saturated rings. The van der Waals surface area contributed by atoms with Gasteiger partial charge in [-0.05, 0) is 37.2 Å². The van der Waals surface area contributed by atoms with E-state index in [2.05, 4.69) is 10.4 Å². The topological polar surface area (TPSA) is 139 Å². The van der Waals surface area contributed by atoms with Crippen LogP contribution in [0.3, 0.4) is 0 Å². The van der Waals surface area contributed by atoms with Crippen molar-refractivity contribution in [3.05, 3.63) is 35.4 Å². The van der Waals surface area contributed by atoms with E-state index in [0.29, 0.717) is 48.5 Å². The molecule has 1 heterocycles. The van der Waals surface area contributed by atoms with Gasteiger partial charge >= 0.3 is 0 Å². The Kier molecular flexibility index (Phi) is 4.21. The number of fused-ring (bicyclic) bond motifs is 2. The third kappa shape index (κ3) is 2.53. The highest BCUT2D eigenvalue weighted by atomic mass is 16.3. The smallest absolute Gasteiger partial charge is 0.200 e. The van der Waals surface area contributed by atoms with Crippen LogP contribution in [0, 0.1) is 0 Å². The molecule has 8 nitrogen and oxygen atoms in total. The van der Waals surface area contributed by atoms with E-state index in [1.807, 2.05) is 12.1 Å². The first-order chi connectivity index (χ1) is 13.1. The van der Waals surface area contributed by atoms with Crippen LogP contribution in [0.1, 0.15) is 22.3 Å². The van der Waals surface area contributed by atoms with Crippen LogP contribution in [0.25, 0.3) is 22.2 Å². The molecule has 0 unspecified atom stereocenters. The standard InChI is InChI=1S/C19H21N5O3/c20-6-1-8-22-10-2-3-11-15-14(10)19(27)17-13(26)5-4-12(25)16(17)18(15)23-24(11)9-7-21/h2-5,22,25-26H,1,6-9,20-21H2. The van der Waals surface area contributed by atoms with Crippen LogP contribution in [0.4, 0.5) is 5.69 Å². The van der Waals surface area contributed by atoms with Crippen LogP contribution in [-0.4, -0.2) is 45.4 Å². The molecule has 140 valence electrons. The van der Waals surface area contributed by atoms with Gasteiger partial charge in [-0.25, -0.2) is 0 Å². The molecular formula is C19H21N5O3. The quantitative estimate of drug-likeness (QED) is 0.256. The number of aromatic nitrogens is 2. The molecule has 2 aromatic carbocycles. The maximum atomic E-state index is 13.3. The number of aromatic hydroxyl groups is 2. The number of benzene rings is 2. The van der Waals surface area contributed by atoms with Crippen LogP contribution in [0.2, 0.25) is 0 Å². The molecular weight excluding hydrogens is 346 g/mol. The van der Waals surface area contributed by atoms with Crippen molar-refractivity contribution in [2.75, 3.05) is 25.0 Å².